The molecule has 40 heavy (non-hydrogen) atoms. The summed E-state index contributed by atoms with van der Waals surface area (Å²) < 4.78 is 36.6. The van der Waals surface area contributed by atoms with Crippen molar-refractivity contribution in [2.75, 3.05) is 13.2 Å². The molecule has 2 aromatic rings. The monoisotopic (exact) mass is 574 g/mol. The van der Waals surface area contributed by atoms with Crippen molar-refractivity contribution in [3.8, 4) is 11.5 Å². The maximum absolute atomic E-state index is 12.8. The van der Waals surface area contributed by atoms with Crippen LogP contribution in [0.4, 0.5) is 0 Å². The van der Waals surface area contributed by atoms with E-state index >= 15 is 0 Å². The van der Waals surface area contributed by atoms with E-state index in [0.29, 0.717) is 0 Å². The van der Waals surface area contributed by atoms with E-state index in [1.807, 2.05) is 12.1 Å². The highest BCUT2D eigenvalue weighted by Gasteiger charge is 2.15. The third-order valence-corrected chi connectivity index (χ3v) is 8.35. The predicted octanol–water partition coefficient (Wildman–Crippen LogP) is 9.98. The van der Waals surface area contributed by atoms with Crippen molar-refractivity contribution >= 4 is 8.25 Å². The molecule has 226 valence electrons. The molecule has 0 saturated carbocycles. The maximum Gasteiger partial charge on any atom is 0.319 e. The Hall–Kier alpha value is -1.81. The first-order valence-corrected chi connectivity index (χ1v) is 17.1. The van der Waals surface area contributed by atoms with E-state index in [1.165, 1.54) is 60.8 Å². The number of hydrogen-bond donors (Lipinski definition) is 0. The van der Waals surface area contributed by atoms with Gasteiger partial charge in [0.15, 0.2) is 0 Å². The highest BCUT2D eigenvalue weighted by molar-refractivity contribution is 7.33. The van der Waals surface area contributed by atoms with Crippen LogP contribution in [-0.4, -0.2) is 13.2 Å². The van der Waals surface area contributed by atoms with Crippen LogP contribution < -0.4 is 9.47 Å². The fourth-order valence-corrected chi connectivity index (χ4v) is 6.00. The first-order valence-electron chi connectivity index (χ1n) is 15.9. The third-order valence-electron chi connectivity index (χ3n) is 7.59. The van der Waals surface area contributed by atoms with Crippen molar-refractivity contribution in [3.63, 3.8) is 0 Å². The topological polar surface area (TPSA) is 54.0 Å². The van der Waals surface area contributed by atoms with Crippen LogP contribution in [0.3, 0.4) is 0 Å². The molecule has 2 aromatic carbocycles. The van der Waals surface area contributed by atoms with Gasteiger partial charge in [0.25, 0.3) is 0 Å². The third kappa shape index (κ3) is 10.9. The van der Waals surface area contributed by atoms with Crippen LogP contribution in [0.2, 0.25) is 0 Å². The molecule has 0 aliphatic carbocycles. The van der Waals surface area contributed by atoms with E-state index < -0.39 is 8.25 Å². The molecule has 0 bridgehead atoms. The number of benzene rings is 2. The molecule has 0 unspecified atom stereocenters. The van der Waals surface area contributed by atoms with Gasteiger partial charge >= 0.3 is 8.25 Å². The fourth-order valence-electron chi connectivity index (χ4n) is 5.37. The lowest BCUT2D eigenvalue weighted by Gasteiger charge is -2.19. The van der Waals surface area contributed by atoms with Crippen molar-refractivity contribution < 1.29 is 23.1 Å². The molecule has 0 fully saturated rings. The van der Waals surface area contributed by atoms with Crippen LogP contribution in [-0.2, 0) is 52.5 Å². The van der Waals surface area contributed by atoms with Gasteiger partial charge in [-0.15, -0.1) is 0 Å². The van der Waals surface area contributed by atoms with E-state index in [1.54, 1.807) is 0 Å². The zero-order valence-corrected chi connectivity index (χ0v) is 27.2. The SMILES string of the molecule is CCCCCCOc1ccc(CO[PH](=O)OCc2ccc(OCCCCCC)c(CC)c2CC)c(CC)c1CC. The fraction of sp³-hybridized carbons (Fsp3) is 0.647. The second-order valence-electron chi connectivity index (χ2n) is 10.4. The molecule has 0 saturated heterocycles. The highest BCUT2D eigenvalue weighted by Crippen LogP contribution is 2.34. The molecule has 0 N–H and O–H groups in total. The molecule has 5 nitrogen and oxygen atoms in total. The largest absolute Gasteiger partial charge is 0.493 e. The van der Waals surface area contributed by atoms with E-state index in [2.05, 4.69) is 53.7 Å². The van der Waals surface area contributed by atoms with E-state index in [9.17, 15) is 4.57 Å². The lowest BCUT2D eigenvalue weighted by atomic mass is 9.96. The van der Waals surface area contributed by atoms with E-state index in [0.717, 1.165) is 74.4 Å². The molecule has 0 amide bonds. The highest BCUT2D eigenvalue weighted by atomic mass is 31.1. The van der Waals surface area contributed by atoms with E-state index in [-0.39, 0.29) is 13.2 Å². The van der Waals surface area contributed by atoms with Gasteiger partial charge in [-0.3, -0.25) is 4.57 Å². The molecular weight excluding hydrogens is 519 g/mol. The maximum atomic E-state index is 12.8. The molecule has 0 radical (unpaired) electrons. The van der Waals surface area contributed by atoms with Gasteiger partial charge in [-0.1, -0.05) is 92.2 Å². The van der Waals surface area contributed by atoms with Gasteiger partial charge < -0.3 is 18.5 Å². The molecular formula is C34H55O5P. The Bertz CT molecular complexity index is 940. The Balaban J connectivity index is 1.98. The van der Waals surface area contributed by atoms with Crippen LogP contribution in [0.15, 0.2) is 24.3 Å². The van der Waals surface area contributed by atoms with Crippen LogP contribution in [0.1, 0.15) is 126 Å². The molecule has 0 atom stereocenters. The number of unbranched alkanes of at least 4 members (excludes halogenated alkanes) is 6. The smallest absolute Gasteiger partial charge is 0.319 e. The quantitative estimate of drug-likeness (QED) is 0.103. The number of ether oxygens (including phenoxy) is 2. The summed E-state index contributed by atoms with van der Waals surface area (Å²) in [4.78, 5) is 0. The molecule has 0 aliphatic heterocycles. The molecule has 6 heteroatoms. The van der Waals surface area contributed by atoms with Gasteiger partial charge in [-0.2, -0.15) is 0 Å². The standard InChI is InChI=1S/C34H55O5P/c1-7-13-15-17-23-36-33-21-19-27(29(9-3)31(33)11-5)25-38-40(35)39-26-28-20-22-34(32(12-6)30(28)10-4)37-24-18-16-14-8-2/h19-22,40H,7-18,23-26H2,1-6H3. The van der Waals surface area contributed by atoms with Gasteiger partial charge in [-0.25, -0.2) is 0 Å². The van der Waals surface area contributed by atoms with Gasteiger partial charge in [-0.05, 0) is 84.0 Å². The lowest BCUT2D eigenvalue weighted by molar-refractivity contribution is 0.212. The summed E-state index contributed by atoms with van der Waals surface area (Å²) in [6.07, 6.45) is 13.1. The van der Waals surface area contributed by atoms with Crippen molar-refractivity contribution in [3.05, 3.63) is 57.6 Å². The molecule has 2 rings (SSSR count). The predicted molar refractivity (Wildman–Crippen MR) is 168 cm³/mol. The normalized spacial score (nSPS) is 11.4. The first-order chi connectivity index (χ1) is 19.5. The molecule has 0 aliphatic rings. The Labute approximate surface area is 245 Å². The number of rotatable bonds is 22. The minimum absolute atomic E-state index is 0.274. The zero-order chi connectivity index (χ0) is 29.2. The first kappa shape index (κ1) is 34.4. The number of hydrogen-bond acceptors (Lipinski definition) is 5. The summed E-state index contributed by atoms with van der Waals surface area (Å²) in [5.41, 5.74) is 7.04. The summed E-state index contributed by atoms with van der Waals surface area (Å²) in [5, 5.41) is 0. The van der Waals surface area contributed by atoms with Crippen molar-refractivity contribution in [1.29, 1.82) is 0 Å². The van der Waals surface area contributed by atoms with Crippen molar-refractivity contribution in [2.45, 2.75) is 132 Å². The summed E-state index contributed by atoms with van der Waals surface area (Å²) in [6.45, 7) is 15.1. The van der Waals surface area contributed by atoms with E-state index in [4.69, 9.17) is 18.5 Å². The van der Waals surface area contributed by atoms with Crippen LogP contribution in [0.25, 0.3) is 0 Å². The van der Waals surface area contributed by atoms with Gasteiger partial charge in [0, 0.05) is 0 Å². The van der Waals surface area contributed by atoms with Gasteiger partial charge in [0.1, 0.15) is 11.5 Å². The average molecular weight is 575 g/mol. The minimum atomic E-state index is -2.65. The average Bonchev–Trinajstić information content (AvgIpc) is 2.98. The Morgan fingerprint density at radius 3 is 1.27 bits per heavy atom. The molecule has 0 spiro atoms. The summed E-state index contributed by atoms with van der Waals surface area (Å²) >= 11 is 0. The Morgan fingerprint density at radius 1 is 0.525 bits per heavy atom. The van der Waals surface area contributed by atoms with Gasteiger partial charge in [0.05, 0.1) is 26.4 Å². The molecule has 0 heterocycles. The Morgan fingerprint density at radius 2 is 0.925 bits per heavy atom. The van der Waals surface area contributed by atoms with Gasteiger partial charge in [0.2, 0.25) is 0 Å². The van der Waals surface area contributed by atoms with Crippen molar-refractivity contribution in [1.82, 2.24) is 0 Å². The second kappa shape index (κ2) is 20.1. The Kier molecular flexibility index (Phi) is 17.3. The van der Waals surface area contributed by atoms with Crippen LogP contribution in [0, 0.1) is 0 Å². The lowest BCUT2D eigenvalue weighted by Crippen LogP contribution is -2.06. The second-order valence-corrected chi connectivity index (χ2v) is 11.5. The van der Waals surface area contributed by atoms with Crippen LogP contribution >= 0.6 is 8.25 Å². The van der Waals surface area contributed by atoms with Crippen LogP contribution in [0.5, 0.6) is 11.5 Å². The van der Waals surface area contributed by atoms with Crippen molar-refractivity contribution in [2.24, 2.45) is 0 Å². The summed E-state index contributed by atoms with van der Waals surface area (Å²) in [7, 11) is -2.65. The summed E-state index contributed by atoms with van der Waals surface area (Å²) in [6, 6.07) is 8.19. The summed E-state index contributed by atoms with van der Waals surface area (Å²) in [5.74, 6) is 1.94. The molecule has 0 aromatic heterocycles. The zero-order valence-electron chi connectivity index (χ0n) is 26.2. The minimum Gasteiger partial charge on any atom is -0.493 e.